The molecule has 1 aliphatic carbocycles. The van der Waals surface area contributed by atoms with Crippen molar-refractivity contribution in [3.05, 3.63) is 42.1 Å². The summed E-state index contributed by atoms with van der Waals surface area (Å²) in [5, 5.41) is 7.73. The minimum atomic E-state index is -0.393. The zero-order valence-corrected chi connectivity index (χ0v) is 18.9. The van der Waals surface area contributed by atoms with Crippen LogP contribution in [0.2, 0.25) is 0 Å². The molecule has 32 heavy (non-hydrogen) atoms. The third-order valence-electron chi connectivity index (χ3n) is 7.30. The molecule has 0 radical (unpaired) electrons. The van der Waals surface area contributed by atoms with Gasteiger partial charge in [-0.25, -0.2) is 0 Å². The molecule has 1 aromatic heterocycles. The van der Waals surface area contributed by atoms with Crippen molar-refractivity contribution in [1.29, 1.82) is 0 Å². The molecule has 3 heterocycles. The van der Waals surface area contributed by atoms with Crippen LogP contribution < -0.4 is 5.32 Å². The van der Waals surface area contributed by atoms with Crippen molar-refractivity contribution >= 4 is 11.8 Å². The fourth-order valence-corrected chi connectivity index (χ4v) is 5.65. The van der Waals surface area contributed by atoms with E-state index in [-0.39, 0.29) is 17.9 Å². The van der Waals surface area contributed by atoms with Crippen LogP contribution in [-0.4, -0.2) is 63.1 Å². The average Bonchev–Trinajstić information content (AvgIpc) is 3.18. The lowest BCUT2D eigenvalue weighted by Gasteiger charge is -2.45. The van der Waals surface area contributed by atoms with Crippen LogP contribution in [-0.2, 0) is 23.2 Å². The van der Waals surface area contributed by atoms with Gasteiger partial charge in [-0.2, -0.15) is 5.10 Å². The Labute approximate surface area is 189 Å². The Kier molecular flexibility index (Phi) is 6.00. The number of nitrogens with one attached hydrogen (secondary N) is 1. The van der Waals surface area contributed by atoms with E-state index in [1.54, 1.807) is 0 Å². The number of hydrogen-bond donors (Lipinski definition) is 1. The van der Waals surface area contributed by atoms with Crippen molar-refractivity contribution in [2.75, 3.05) is 19.6 Å². The first-order valence-electron chi connectivity index (χ1n) is 12.0. The van der Waals surface area contributed by atoms with E-state index >= 15 is 0 Å². The summed E-state index contributed by atoms with van der Waals surface area (Å²) in [6, 6.07) is 9.47. The van der Waals surface area contributed by atoms with Crippen molar-refractivity contribution in [3.63, 3.8) is 0 Å². The molecule has 2 aliphatic heterocycles. The quantitative estimate of drug-likeness (QED) is 0.784. The van der Waals surface area contributed by atoms with Gasteiger partial charge in [-0.05, 0) is 12.3 Å². The normalized spacial score (nSPS) is 25.0. The second-order valence-corrected chi connectivity index (χ2v) is 9.63. The van der Waals surface area contributed by atoms with Gasteiger partial charge in [0.2, 0.25) is 11.8 Å². The number of nitrogens with zero attached hydrogens (tertiary/aromatic N) is 4. The van der Waals surface area contributed by atoms with E-state index in [4.69, 9.17) is 0 Å². The Morgan fingerprint density at radius 3 is 2.62 bits per heavy atom. The van der Waals surface area contributed by atoms with Crippen molar-refractivity contribution in [3.8, 4) is 11.3 Å². The second kappa shape index (κ2) is 9.06. The summed E-state index contributed by atoms with van der Waals surface area (Å²) < 4.78 is 1.85. The van der Waals surface area contributed by atoms with Gasteiger partial charge >= 0.3 is 0 Å². The molecule has 0 unspecified atom stereocenters. The summed E-state index contributed by atoms with van der Waals surface area (Å²) in [5.74, 6) is 0.689. The van der Waals surface area contributed by atoms with Crippen LogP contribution in [0.25, 0.3) is 11.3 Å². The van der Waals surface area contributed by atoms with Gasteiger partial charge < -0.3 is 10.2 Å². The standard InChI is InChI=1S/C25H33N5O2/c1-28-15-20(23(27-28)19-10-6-3-7-11-19)16-29-12-13-30-22(17-29)24(31)26-21(25(30)32)14-18-8-4-2-5-9-18/h3,6-7,10-11,15,18,21-22H,2,4-5,8-9,12-14,16-17H2,1H3,(H,26,31)/t21-,22+/m0/s1. The van der Waals surface area contributed by atoms with Gasteiger partial charge in [0.1, 0.15) is 12.1 Å². The number of carbonyl (C=O) groups is 2. The lowest BCUT2D eigenvalue weighted by atomic mass is 9.84. The number of fused-ring (bicyclic) bond motifs is 1. The van der Waals surface area contributed by atoms with Crippen LogP contribution in [0.15, 0.2) is 36.5 Å². The van der Waals surface area contributed by atoms with Gasteiger partial charge in [-0.15, -0.1) is 0 Å². The Balaban J connectivity index is 1.25. The minimum absolute atomic E-state index is 0.00424. The highest BCUT2D eigenvalue weighted by Crippen LogP contribution is 2.30. The number of amides is 2. The highest BCUT2D eigenvalue weighted by Gasteiger charge is 2.44. The first-order valence-corrected chi connectivity index (χ1v) is 12.0. The Bertz CT molecular complexity index is 966. The molecule has 1 aromatic carbocycles. The first-order chi connectivity index (χ1) is 15.6. The molecule has 2 aromatic rings. The van der Waals surface area contributed by atoms with Gasteiger partial charge in [-0.1, -0.05) is 62.4 Å². The molecule has 170 valence electrons. The Hall–Kier alpha value is -2.67. The summed E-state index contributed by atoms with van der Waals surface area (Å²) in [5.41, 5.74) is 3.22. The van der Waals surface area contributed by atoms with E-state index in [1.165, 1.54) is 32.1 Å². The highest BCUT2D eigenvalue weighted by molar-refractivity contribution is 5.97. The zero-order chi connectivity index (χ0) is 22.1. The number of aromatic nitrogens is 2. The molecule has 5 rings (SSSR count). The largest absolute Gasteiger partial charge is 0.342 e. The van der Waals surface area contributed by atoms with E-state index in [0.717, 1.165) is 36.3 Å². The Morgan fingerprint density at radius 1 is 1.06 bits per heavy atom. The van der Waals surface area contributed by atoms with E-state index in [9.17, 15) is 9.59 Å². The third-order valence-corrected chi connectivity index (χ3v) is 7.30. The van der Waals surface area contributed by atoms with Crippen LogP contribution in [0, 0.1) is 5.92 Å². The first kappa shape index (κ1) is 21.2. The minimum Gasteiger partial charge on any atom is -0.342 e. The summed E-state index contributed by atoms with van der Waals surface area (Å²) in [6.07, 6.45) is 9.03. The molecule has 3 aliphatic rings. The van der Waals surface area contributed by atoms with Crippen LogP contribution in [0.3, 0.4) is 0 Å². The lowest BCUT2D eigenvalue weighted by molar-refractivity contribution is -0.153. The van der Waals surface area contributed by atoms with Crippen molar-refractivity contribution in [1.82, 2.24) is 24.9 Å². The van der Waals surface area contributed by atoms with Crippen molar-refractivity contribution < 1.29 is 9.59 Å². The molecular weight excluding hydrogens is 402 g/mol. The maximum Gasteiger partial charge on any atom is 0.245 e. The molecule has 1 saturated carbocycles. The van der Waals surface area contributed by atoms with Gasteiger partial charge in [-0.3, -0.25) is 19.2 Å². The predicted molar refractivity (Wildman–Crippen MR) is 123 cm³/mol. The summed E-state index contributed by atoms with van der Waals surface area (Å²) in [6.45, 7) is 2.67. The lowest BCUT2D eigenvalue weighted by Crippen LogP contribution is -2.69. The molecule has 0 bridgehead atoms. The molecule has 2 atom stereocenters. The molecule has 1 N–H and O–H groups in total. The maximum absolute atomic E-state index is 13.2. The van der Waals surface area contributed by atoms with Crippen LogP contribution in [0.5, 0.6) is 0 Å². The van der Waals surface area contributed by atoms with Crippen LogP contribution in [0.1, 0.15) is 44.1 Å². The van der Waals surface area contributed by atoms with Gasteiger partial charge in [0.05, 0.1) is 5.69 Å². The molecule has 3 fully saturated rings. The highest BCUT2D eigenvalue weighted by atomic mass is 16.2. The van der Waals surface area contributed by atoms with E-state index in [1.807, 2.05) is 34.8 Å². The van der Waals surface area contributed by atoms with Crippen molar-refractivity contribution in [2.24, 2.45) is 13.0 Å². The number of rotatable bonds is 5. The van der Waals surface area contributed by atoms with Crippen molar-refractivity contribution in [2.45, 2.75) is 57.2 Å². The van der Waals surface area contributed by atoms with E-state index in [0.29, 0.717) is 19.0 Å². The number of benzene rings is 1. The Morgan fingerprint density at radius 2 is 1.84 bits per heavy atom. The van der Waals surface area contributed by atoms with Gasteiger partial charge in [0.15, 0.2) is 0 Å². The number of hydrogen-bond acceptors (Lipinski definition) is 4. The molecule has 2 saturated heterocycles. The van der Waals surface area contributed by atoms with Crippen LogP contribution >= 0.6 is 0 Å². The topological polar surface area (TPSA) is 70.5 Å². The zero-order valence-electron chi connectivity index (χ0n) is 18.9. The van der Waals surface area contributed by atoms with E-state index < -0.39 is 6.04 Å². The second-order valence-electron chi connectivity index (χ2n) is 9.63. The average molecular weight is 436 g/mol. The van der Waals surface area contributed by atoms with E-state index in [2.05, 4.69) is 33.6 Å². The fourth-order valence-electron chi connectivity index (χ4n) is 5.65. The molecule has 7 heteroatoms. The SMILES string of the molecule is Cn1cc(CN2CCN3C(=O)[C@H](CC4CCCCC4)NC(=O)[C@H]3C2)c(-c2ccccc2)n1. The summed E-state index contributed by atoms with van der Waals surface area (Å²) in [7, 11) is 1.94. The van der Waals surface area contributed by atoms with Crippen LogP contribution in [0.4, 0.5) is 0 Å². The molecule has 0 spiro atoms. The predicted octanol–water partition coefficient (Wildman–Crippen LogP) is 2.57. The smallest absolute Gasteiger partial charge is 0.245 e. The summed E-state index contributed by atoms with van der Waals surface area (Å²) >= 11 is 0. The molecule has 7 nitrogen and oxygen atoms in total. The molecule has 2 amide bonds. The number of aryl methyl sites for hydroxylation is 1. The van der Waals surface area contributed by atoms with Gasteiger partial charge in [0.25, 0.3) is 0 Å². The van der Waals surface area contributed by atoms with Gasteiger partial charge in [0, 0.05) is 50.6 Å². The fraction of sp³-hybridized carbons (Fsp3) is 0.560. The number of piperazine rings is 2. The third kappa shape index (κ3) is 4.31. The summed E-state index contributed by atoms with van der Waals surface area (Å²) in [4.78, 5) is 30.2. The maximum atomic E-state index is 13.2. The number of carbonyl (C=O) groups excluding carboxylic acids is 2. The molecular formula is C25H33N5O2. The monoisotopic (exact) mass is 435 g/mol.